The van der Waals surface area contributed by atoms with Crippen molar-refractivity contribution >= 4 is 15.5 Å². The van der Waals surface area contributed by atoms with Gasteiger partial charge in [-0.25, -0.2) is 8.42 Å². The van der Waals surface area contributed by atoms with Gasteiger partial charge in [0, 0.05) is 19.4 Å². The Labute approximate surface area is 116 Å². The summed E-state index contributed by atoms with van der Waals surface area (Å²) in [5, 5.41) is 3.10. The number of sulfone groups is 1. The van der Waals surface area contributed by atoms with Crippen LogP contribution in [0.4, 0.5) is 5.69 Å². The van der Waals surface area contributed by atoms with E-state index in [0.717, 1.165) is 13.0 Å². The van der Waals surface area contributed by atoms with Crippen LogP contribution in [0.3, 0.4) is 0 Å². The van der Waals surface area contributed by atoms with Crippen molar-refractivity contribution in [2.24, 2.45) is 5.92 Å². The van der Waals surface area contributed by atoms with Crippen molar-refractivity contribution in [3.63, 3.8) is 0 Å². The molecule has 0 bridgehead atoms. The second-order valence-corrected chi connectivity index (χ2v) is 6.97. The third-order valence-corrected chi connectivity index (χ3v) is 3.84. The summed E-state index contributed by atoms with van der Waals surface area (Å²) in [5.74, 6) is 0.638. The van der Waals surface area contributed by atoms with Gasteiger partial charge in [-0.3, -0.25) is 0 Å². The highest BCUT2D eigenvalue weighted by Crippen LogP contribution is 2.20. The molecule has 0 saturated carbocycles. The van der Waals surface area contributed by atoms with E-state index in [0.29, 0.717) is 29.7 Å². The summed E-state index contributed by atoms with van der Waals surface area (Å²) < 4.78 is 28.7. The molecule has 5 heteroatoms. The van der Waals surface area contributed by atoms with Crippen LogP contribution in [0.5, 0.6) is 0 Å². The molecule has 1 rings (SSSR count). The number of ether oxygens (including phenoxy) is 1. The summed E-state index contributed by atoms with van der Waals surface area (Å²) in [6.07, 6.45) is 2.26. The lowest BCUT2D eigenvalue weighted by Crippen LogP contribution is -2.13. The molecule has 0 aliphatic carbocycles. The molecule has 0 fully saturated rings. The Hall–Kier alpha value is -1.07. The summed E-state index contributed by atoms with van der Waals surface area (Å²) >= 11 is 0. The minimum Gasteiger partial charge on any atom is -0.382 e. The normalized spacial score (nSPS) is 11.8. The Balaban J connectivity index is 2.42. The molecule has 0 radical (unpaired) electrons. The second kappa shape index (κ2) is 7.50. The van der Waals surface area contributed by atoms with Crippen molar-refractivity contribution < 1.29 is 13.2 Å². The van der Waals surface area contributed by atoms with Gasteiger partial charge in [0.25, 0.3) is 0 Å². The van der Waals surface area contributed by atoms with Gasteiger partial charge in [-0.05, 0) is 24.5 Å². The van der Waals surface area contributed by atoms with E-state index >= 15 is 0 Å². The molecule has 1 N–H and O–H groups in total. The molecule has 4 nitrogen and oxygen atoms in total. The number of anilines is 1. The fourth-order valence-electron chi connectivity index (χ4n) is 1.61. The van der Waals surface area contributed by atoms with Gasteiger partial charge in [0.15, 0.2) is 9.84 Å². The molecule has 0 spiro atoms. The molecule has 1 aromatic carbocycles. The van der Waals surface area contributed by atoms with E-state index in [4.69, 9.17) is 4.74 Å². The Morgan fingerprint density at radius 1 is 1.21 bits per heavy atom. The van der Waals surface area contributed by atoms with Crippen LogP contribution in [0.15, 0.2) is 29.2 Å². The van der Waals surface area contributed by atoms with Crippen LogP contribution in [0.25, 0.3) is 0 Å². The standard InChI is InChI=1S/C14H23NO3S/c1-12(2)8-10-18-11-9-15-13-6-4-5-7-14(13)19(3,16)17/h4-7,12,15H,8-11H2,1-3H3. The first-order valence-corrected chi connectivity index (χ1v) is 8.41. The minimum absolute atomic E-state index is 0.331. The van der Waals surface area contributed by atoms with Crippen molar-refractivity contribution in [2.75, 3.05) is 31.3 Å². The lowest BCUT2D eigenvalue weighted by Gasteiger charge is -2.11. The largest absolute Gasteiger partial charge is 0.382 e. The highest BCUT2D eigenvalue weighted by Gasteiger charge is 2.11. The second-order valence-electron chi connectivity index (χ2n) is 4.99. The van der Waals surface area contributed by atoms with Gasteiger partial charge in [-0.2, -0.15) is 0 Å². The van der Waals surface area contributed by atoms with Crippen molar-refractivity contribution in [1.29, 1.82) is 0 Å². The first-order valence-electron chi connectivity index (χ1n) is 6.52. The molecule has 0 aromatic heterocycles. The van der Waals surface area contributed by atoms with Crippen LogP contribution in [0.2, 0.25) is 0 Å². The van der Waals surface area contributed by atoms with E-state index in [1.807, 2.05) is 6.07 Å². The van der Waals surface area contributed by atoms with Crippen LogP contribution in [-0.4, -0.2) is 34.4 Å². The number of para-hydroxylation sites is 1. The van der Waals surface area contributed by atoms with Crippen molar-refractivity contribution in [1.82, 2.24) is 0 Å². The number of rotatable bonds is 8. The molecule has 0 atom stereocenters. The van der Waals surface area contributed by atoms with Gasteiger partial charge in [-0.1, -0.05) is 26.0 Å². The van der Waals surface area contributed by atoms with Crippen LogP contribution in [0, 0.1) is 5.92 Å². The van der Waals surface area contributed by atoms with Crippen LogP contribution in [0.1, 0.15) is 20.3 Å². The van der Waals surface area contributed by atoms with E-state index in [2.05, 4.69) is 19.2 Å². The Kier molecular flexibility index (Phi) is 6.31. The maximum Gasteiger partial charge on any atom is 0.177 e. The SMILES string of the molecule is CC(C)CCOCCNc1ccccc1S(C)(=O)=O. The molecule has 1 aromatic rings. The molecule has 0 amide bonds. The quantitative estimate of drug-likeness (QED) is 0.746. The zero-order valence-corrected chi connectivity index (χ0v) is 12.7. The topological polar surface area (TPSA) is 55.4 Å². The predicted molar refractivity (Wildman–Crippen MR) is 78.3 cm³/mol. The molecular weight excluding hydrogens is 262 g/mol. The average molecular weight is 285 g/mol. The fourth-order valence-corrected chi connectivity index (χ4v) is 2.48. The smallest absolute Gasteiger partial charge is 0.177 e. The Morgan fingerprint density at radius 3 is 2.53 bits per heavy atom. The van der Waals surface area contributed by atoms with Crippen LogP contribution in [-0.2, 0) is 14.6 Å². The third-order valence-electron chi connectivity index (χ3n) is 2.69. The highest BCUT2D eigenvalue weighted by atomic mass is 32.2. The highest BCUT2D eigenvalue weighted by molar-refractivity contribution is 7.90. The minimum atomic E-state index is -3.20. The van der Waals surface area contributed by atoms with Gasteiger partial charge >= 0.3 is 0 Å². The molecular formula is C14H23NO3S. The monoisotopic (exact) mass is 285 g/mol. The molecule has 0 unspecified atom stereocenters. The van der Waals surface area contributed by atoms with Gasteiger partial charge in [0.1, 0.15) is 0 Å². The molecule has 19 heavy (non-hydrogen) atoms. The molecule has 0 heterocycles. The van der Waals surface area contributed by atoms with Crippen LogP contribution >= 0.6 is 0 Å². The van der Waals surface area contributed by atoms with Crippen molar-refractivity contribution in [3.05, 3.63) is 24.3 Å². The van der Waals surface area contributed by atoms with E-state index in [1.165, 1.54) is 6.26 Å². The summed E-state index contributed by atoms with van der Waals surface area (Å²) in [7, 11) is -3.20. The number of benzene rings is 1. The van der Waals surface area contributed by atoms with E-state index < -0.39 is 9.84 Å². The first-order chi connectivity index (χ1) is 8.91. The summed E-state index contributed by atoms with van der Waals surface area (Å²) in [6, 6.07) is 6.92. The maximum atomic E-state index is 11.6. The first kappa shape index (κ1) is 16.0. The summed E-state index contributed by atoms with van der Waals surface area (Å²) in [4.78, 5) is 0.331. The average Bonchev–Trinajstić information content (AvgIpc) is 2.32. The van der Waals surface area contributed by atoms with E-state index in [-0.39, 0.29) is 0 Å². The summed E-state index contributed by atoms with van der Waals surface area (Å²) in [6.45, 7) is 6.23. The third kappa shape index (κ3) is 6.07. The number of hydrogen-bond donors (Lipinski definition) is 1. The fraction of sp³-hybridized carbons (Fsp3) is 0.571. The zero-order chi connectivity index (χ0) is 14.3. The predicted octanol–water partition coefficient (Wildman–Crippen LogP) is 2.56. The van der Waals surface area contributed by atoms with Crippen LogP contribution < -0.4 is 5.32 Å². The lowest BCUT2D eigenvalue weighted by molar-refractivity contribution is 0.132. The zero-order valence-electron chi connectivity index (χ0n) is 11.8. The van der Waals surface area contributed by atoms with Gasteiger partial charge in [0.05, 0.1) is 17.2 Å². The Morgan fingerprint density at radius 2 is 1.89 bits per heavy atom. The van der Waals surface area contributed by atoms with E-state index in [9.17, 15) is 8.42 Å². The maximum absolute atomic E-state index is 11.6. The van der Waals surface area contributed by atoms with E-state index in [1.54, 1.807) is 18.2 Å². The van der Waals surface area contributed by atoms with Gasteiger partial charge in [0.2, 0.25) is 0 Å². The molecule has 0 aliphatic heterocycles. The number of nitrogens with one attached hydrogen (secondary N) is 1. The number of hydrogen-bond acceptors (Lipinski definition) is 4. The van der Waals surface area contributed by atoms with Gasteiger partial charge < -0.3 is 10.1 Å². The molecule has 0 saturated heterocycles. The van der Waals surface area contributed by atoms with Crippen molar-refractivity contribution in [2.45, 2.75) is 25.2 Å². The molecule has 108 valence electrons. The lowest BCUT2D eigenvalue weighted by atomic mass is 10.1. The van der Waals surface area contributed by atoms with Crippen molar-refractivity contribution in [3.8, 4) is 0 Å². The summed E-state index contributed by atoms with van der Waals surface area (Å²) in [5.41, 5.74) is 0.637. The Bertz CT molecular complexity index is 483. The molecule has 0 aliphatic rings. The van der Waals surface area contributed by atoms with Gasteiger partial charge in [-0.15, -0.1) is 0 Å².